The van der Waals surface area contributed by atoms with Crippen LogP contribution in [0.25, 0.3) is 0 Å². The second-order valence-corrected chi connectivity index (χ2v) is 3.36. The lowest BCUT2D eigenvalue weighted by molar-refractivity contribution is -0.145. The molecule has 1 amide bonds. The number of ether oxygens (including phenoxy) is 1. The number of nitrogens with zero attached hydrogens (tertiary/aromatic N) is 1. The molecular formula is C9H18N2O3. The van der Waals surface area contributed by atoms with Crippen LogP contribution in [-0.2, 0) is 14.3 Å². The number of amides is 1. The quantitative estimate of drug-likeness (QED) is 0.617. The van der Waals surface area contributed by atoms with E-state index in [0.29, 0.717) is 0 Å². The number of rotatable bonds is 5. The Morgan fingerprint density at radius 1 is 1.43 bits per heavy atom. The Morgan fingerprint density at radius 2 is 2.00 bits per heavy atom. The van der Waals surface area contributed by atoms with E-state index in [-0.39, 0.29) is 25.0 Å². The number of carbonyl (C=O) groups is 2. The highest BCUT2D eigenvalue weighted by atomic mass is 16.5. The predicted octanol–water partition coefficient (Wildman–Crippen LogP) is -0.384. The fraction of sp³-hybridized carbons (Fsp3) is 0.778. The molecule has 0 aromatic carbocycles. The van der Waals surface area contributed by atoms with E-state index < -0.39 is 5.97 Å². The van der Waals surface area contributed by atoms with Crippen molar-refractivity contribution in [2.24, 2.45) is 0 Å². The molecule has 0 fully saturated rings. The van der Waals surface area contributed by atoms with Gasteiger partial charge in [0, 0.05) is 13.1 Å². The molecule has 0 aliphatic rings. The van der Waals surface area contributed by atoms with E-state index in [1.165, 1.54) is 12.0 Å². The Bertz CT molecular complexity index is 204. The molecule has 0 saturated heterocycles. The standard InChI is InChI=1S/C9H18N2O3/c1-7(2)10-5-8(12)11(3)6-9(13)14-4/h7,10H,5-6H2,1-4H3. The summed E-state index contributed by atoms with van der Waals surface area (Å²) in [6.07, 6.45) is 0. The van der Waals surface area contributed by atoms with Crippen molar-refractivity contribution in [3.05, 3.63) is 0 Å². The highest BCUT2D eigenvalue weighted by Crippen LogP contribution is 1.86. The van der Waals surface area contributed by atoms with Crippen LogP contribution in [0.1, 0.15) is 13.8 Å². The summed E-state index contributed by atoms with van der Waals surface area (Å²) in [4.78, 5) is 23.5. The summed E-state index contributed by atoms with van der Waals surface area (Å²) in [7, 11) is 2.87. The minimum Gasteiger partial charge on any atom is -0.468 e. The van der Waals surface area contributed by atoms with Gasteiger partial charge in [0.25, 0.3) is 0 Å². The molecule has 0 aliphatic carbocycles. The first-order valence-corrected chi connectivity index (χ1v) is 4.51. The summed E-state index contributed by atoms with van der Waals surface area (Å²) >= 11 is 0. The Balaban J connectivity index is 3.82. The van der Waals surface area contributed by atoms with Gasteiger partial charge in [0.1, 0.15) is 6.54 Å². The second-order valence-electron chi connectivity index (χ2n) is 3.36. The minimum atomic E-state index is -0.412. The first-order valence-electron chi connectivity index (χ1n) is 4.51. The van der Waals surface area contributed by atoms with Crippen LogP contribution in [0.2, 0.25) is 0 Å². The van der Waals surface area contributed by atoms with E-state index in [4.69, 9.17) is 0 Å². The van der Waals surface area contributed by atoms with Gasteiger partial charge in [0.15, 0.2) is 0 Å². The third-order valence-corrected chi connectivity index (χ3v) is 1.68. The van der Waals surface area contributed by atoms with Crippen molar-refractivity contribution in [3.63, 3.8) is 0 Å². The van der Waals surface area contributed by atoms with E-state index in [2.05, 4.69) is 10.1 Å². The number of esters is 1. The topological polar surface area (TPSA) is 58.6 Å². The molecule has 0 heterocycles. The summed E-state index contributed by atoms with van der Waals surface area (Å²) < 4.78 is 4.44. The van der Waals surface area contributed by atoms with Crippen molar-refractivity contribution in [2.45, 2.75) is 19.9 Å². The number of methoxy groups -OCH3 is 1. The molecule has 0 rings (SSSR count). The number of hydrogen-bond donors (Lipinski definition) is 1. The van der Waals surface area contributed by atoms with Crippen LogP contribution in [0, 0.1) is 0 Å². The van der Waals surface area contributed by atoms with Gasteiger partial charge in [-0.3, -0.25) is 9.59 Å². The third kappa shape index (κ3) is 5.53. The second kappa shape index (κ2) is 6.37. The highest BCUT2D eigenvalue weighted by molar-refractivity contribution is 5.83. The number of nitrogens with one attached hydrogen (secondary N) is 1. The zero-order valence-electron chi connectivity index (χ0n) is 9.16. The maximum absolute atomic E-state index is 11.4. The Hall–Kier alpha value is -1.10. The van der Waals surface area contributed by atoms with Crippen molar-refractivity contribution in [1.29, 1.82) is 0 Å². The lowest BCUT2D eigenvalue weighted by Gasteiger charge is -2.16. The summed E-state index contributed by atoms with van der Waals surface area (Å²) in [5.74, 6) is -0.533. The lowest BCUT2D eigenvalue weighted by atomic mass is 10.4. The van der Waals surface area contributed by atoms with Gasteiger partial charge in [-0.05, 0) is 0 Å². The fourth-order valence-corrected chi connectivity index (χ4v) is 0.773. The van der Waals surface area contributed by atoms with Gasteiger partial charge in [-0.25, -0.2) is 0 Å². The predicted molar refractivity (Wildman–Crippen MR) is 52.8 cm³/mol. The first-order chi connectivity index (χ1) is 6.47. The van der Waals surface area contributed by atoms with Gasteiger partial charge in [0.2, 0.25) is 5.91 Å². The summed E-state index contributed by atoms with van der Waals surface area (Å²) in [6, 6.07) is 0.255. The smallest absolute Gasteiger partial charge is 0.325 e. The van der Waals surface area contributed by atoms with Crippen molar-refractivity contribution in [1.82, 2.24) is 10.2 Å². The van der Waals surface area contributed by atoms with Gasteiger partial charge in [-0.1, -0.05) is 13.8 Å². The molecule has 0 aliphatic heterocycles. The molecule has 14 heavy (non-hydrogen) atoms. The zero-order chi connectivity index (χ0) is 11.1. The van der Waals surface area contributed by atoms with Gasteiger partial charge >= 0.3 is 5.97 Å². The Labute approximate surface area is 84.4 Å². The van der Waals surface area contributed by atoms with E-state index >= 15 is 0 Å². The maximum Gasteiger partial charge on any atom is 0.325 e. The maximum atomic E-state index is 11.4. The lowest BCUT2D eigenvalue weighted by Crippen LogP contribution is -2.40. The molecule has 0 spiro atoms. The van der Waals surface area contributed by atoms with E-state index in [1.807, 2.05) is 13.8 Å². The van der Waals surface area contributed by atoms with Crippen molar-refractivity contribution in [2.75, 3.05) is 27.2 Å². The zero-order valence-corrected chi connectivity index (χ0v) is 9.16. The number of carbonyl (C=O) groups excluding carboxylic acids is 2. The van der Waals surface area contributed by atoms with Crippen LogP contribution in [-0.4, -0.2) is 50.1 Å². The molecule has 0 atom stereocenters. The molecule has 82 valence electrons. The van der Waals surface area contributed by atoms with Crippen LogP contribution in [0.5, 0.6) is 0 Å². The molecular weight excluding hydrogens is 184 g/mol. The van der Waals surface area contributed by atoms with E-state index in [1.54, 1.807) is 7.05 Å². The van der Waals surface area contributed by atoms with Crippen molar-refractivity contribution in [3.8, 4) is 0 Å². The molecule has 5 heteroatoms. The monoisotopic (exact) mass is 202 g/mol. The summed E-state index contributed by atoms with van der Waals surface area (Å²) in [6.45, 7) is 4.14. The largest absolute Gasteiger partial charge is 0.468 e. The number of likely N-dealkylation sites (N-methyl/N-ethyl adjacent to an activating group) is 1. The average molecular weight is 202 g/mol. The Morgan fingerprint density at radius 3 is 2.43 bits per heavy atom. The fourth-order valence-electron chi connectivity index (χ4n) is 0.773. The first kappa shape index (κ1) is 12.9. The van der Waals surface area contributed by atoms with Crippen LogP contribution in [0.15, 0.2) is 0 Å². The normalized spacial score (nSPS) is 10.1. The van der Waals surface area contributed by atoms with Crippen LogP contribution in [0.3, 0.4) is 0 Å². The average Bonchev–Trinajstić information content (AvgIpc) is 2.13. The van der Waals surface area contributed by atoms with Gasteiger partial charge in [-0.2, -0.15) is 0 Å². The van der Waals surface area contributed by atoms with Crippen LogP contribution in [0.4, 0.5) is 0 Å². The molecule has 0 aromatic rings. The van der Waals surface area contributed by atoms with Crippen LogP contribution >= 0.6 is 0 Å². The van der Waals surface area contributed by atoms with Gasteiger partial charge < -0.3 is 15.0 Å². The van der Waals surface area contributed by atoms with Crippen molar-refractivity contribution >= 4 is 11.9 Å². The van der Waals surface area contributed by atoms with Crippen molar-refractivity contribution < 1.29 is 14.3 Å². The molecule has 0 bridgehead atoms. The van der Waals surface area contributed by atoms with Gasteiger partial charge in [0.05, 0.1) is 13.7 Å². The molecule has 0 unspecified atom stereocenters. The Kier molecular flexibility index (Phi) is 5.87. The van der Waals surface area contributed by atoms with Crippen LogP contribution < -0.4 is 5.32 Å². The SMILES string of the molecule is COC(=O)CN(C)C(=O)CNC(C)C. The molecule has 5 nitrogen and oxygen atoms in total. The molecule has 0 radical (unpaired) electrons. The molecule has 0 saturated carbocycles. The molecule has 1 N–H and O–H groups in total. The number of hydrogen-bond acceptors (Lipinski definition) is 4. The van der Waals surface area contributed by atoms with Gasteiger partial charge in [-0.15, -0.1) is 0 Å². The summed E-state index contributed by atoms with van der Waals surface area (Å²) in [5, 5.41) is 2.97. The summed E-state index contributed by atoms with van der Waals surface area (Å²) in [5.41, 5.74) is 0. The third-order valence-electron chi connectivity index (χ3n) is 1.68. The van der Waals surface area contributed by atoms with E-state index in [0.717, 1.165) is 0 Å². The highest BCUT2D eigenvalue weighted by Gasteiger charge is 2.12. The minimum absolute atomic E-state index is 0.00485. The molecule has 0 aromatic heterocycles. The van der Waals surface area contributed by atoms with E-state index in [9.17, 15) is 9.59 Å².